The number of nitrogens with one attached hydrogen (secondary N) is 1. The predicted octanol–water partition coefficient (Wildman–Crippen LogP) is 3.12. The fourth-order valence-electron chi connectivity index (χ4n) is 1.93. The van der Waals surface area contributed by atoms with E-state index in [-0.39, 0.29) is 25.1 Å². The lowest BCUT2D eigenvalue weighted by molar-refractivity contribution is 0.0268. The molecule has 0 saturated heterocycles. The Bertz CT molecular complexity index is 533. The largest absolute Gasteiger partial charge is 0.389 e. The van der Waals surface area contributed by atoms with Crippen molar-refractivity contribution in [2.24, 2.45) is 0 Å². The van der Waals surface area contributed by atoms with E-state index in [0.717, 1.165) is 0 Å². The van der Waals surface area contributed by atoms with E-state index in [1.807, 2.05) is 5.38 Å². The van der Waals surface area contributed by atoms with Crippen LogP contribution in [-0.4, -0.2) is 24.4 Å². The van der Waals surface area contributed by atoms with Crippen molar-refractivity contribution in [3.8, 4) is 0 Å². The zero-order valence-corrected chi connectivity index (χ0v) is 12.8. The Balaban J connectivity index is 1.66. The molecule has 1 aromatic heterocycles. The molecule has 1 heterocycles. The van der Waals surface area contributed by atoms with Gasteiger partial charge in [0.15, 0.2) is 0 Å². The summed E-state index contributed by atoms with van der Waals surface area (Å²) >= 11 is 1.65. The molecule has 2 N–H and O–H groups in total. The number of ether oxygens (including phenoxy) is 1. The van der Waals surface area contributed by atoms with Crippen LogP contribution in [0.3, 0.4) is 0 Å². The normalized spacial score (nSPS) is 14.0. The van der Waals surface area contributed by atoms with Crippen molar-refractivity contribution in [3.63, 3.8) is 0 Å². The average Bonchev–Trinajstić information content (AvgIpc) is 3.01. The van der Waals surface area contributed by atoms with E-state index in [4.69, 9.17) is 4.74 Å². The monoisotopic (exact) mass is 309 g/mol. The summed E-state index contributed by atoms with van der Waals surface area (Å²) in [5, 5.41) is 17.2. The van der Waals surface area contributed by atoms with Crippen LogP contribution >= 0.6 is 11.3 Å². The average molecular weight is 309 g/mol. The van der Waals surface area contributed by atoms with Gasteiger partial charge in [-0.3, -0.25) is 0 Å². The maximum absolute atomic E-state index is 13.4. The highest BCUT2D eigenvalue weighted by Crippen LogP contribution is 2.15. The third kappa shape index (κ3) is 5.21. The second-order valence-electron chi connectivity index (χ2n) is 4.95. The Hall–Kier alpha value is -1.27. The summed E-state index contributed by atoms with van der Waals surface area (Å²) in [7, 11) is 0. The van der Waals surface area contributed by atoms with Crippen molar-refractivity contribution >= 4 is 11.3 Å². The second-order valence-corrected chi connectivity index (χ2v) is 5.73. The van der Waals surface area contributed by atoms with E-state index >= 15 is 0 Å². The molecule has 1 aromatic carbocycles. The minimum Gasteiger partial charge on any atom is -0.389 e. The molecule has 0 aliphatic heterocycles. The SMILES string of the molecule is CC(NCC(O)COCc1ccccc1F)c1ccsc1. The Morgan fingerprint density at radius 3 is 2.86 bits per heavy atom. The molecule has 0 bridgehead atoms. The molecular formula is C16H20FNO2S. The second kappa shape index (κ2) is 8.24. The minimum absolute atomic E-state index is 0.170. The first-order valence-electron chi connectivity index (χ1n) is 6.91. The highest BCUT2D eigenvalue weighted by atomic mass is 32.1. The van der Waals surface area contributed by atoms with Gasteiger partial charge < -0.3 is 15.2 Å². The number of rotatable bonds is 8. The van der Waals surface area contributed by atoms with Crippen molar-refractivity contribution in [1.29, 1.82) is 0 Å². The van der Waals surface area contributed by atoms with Gasteiger partial charge in [0.05, 0.1) is 19.3 Å². The van der Waals surface area contributed by atoms with E-state index < -0.39 is 6.10 Å². The zero-order valence-electron chi connectivity index (χ0n) is 12.0. The molecule has 3 nitrogen and oxygen atoms in total. The molecule has 0 spiro atoms. The van der Waals surface area contributed by atoms with Gasteiger partial charge in [-0.1, -0.05) is 18.2 Å². The van der Waals surface area contributed by atoms with E-state index in [9.17, 15) is 9.50 Å². The first kappa shape index (κ1) is 16.1. The van der Waals surface area contributed by atoms with Gasteiger partial charge in [-0.15, -0.1) is 0 Å². The summed E-state index contributed by atoms with van der Waals surface area (Å²) in [6, 6.07) is 8.74. The highest BCUT2D eigenvalue weighted by molar-refractivity contribution is 7.07. The summed E-state index contributed by atoms with van der Waals surface area (Å²) in [6.45, 7) is 2.84. The Kier molecular flexibility index (Phi) is 6.32. The molecule has 0 aliphatic carbocycles. The number of halogens is 1. The van der Waals surface area contributed by atoms with Crippen LogP contribution in [0.4, 0.5) is 4.39 Å². The fourth-order valence-corrected chi connectivity index (χ4v) is 2.69. The molecule has 114 valence electrons. The minimum atomic E-state index is -0.613. The predicted molar refractivity (Wildman–Crippen MR) is 82.8 cm³/mol. The molecule has 0 aliphatic rings. The van der Waals surface area contributed by atoms with E-state index in [0.29, 0.717) is 12.1 Å². The van der Waals surface area contributed by atoms with Gasteiger partial charge >= 0.3 is 0 Å². The van der Waals surface area contributed by atoms with Crippen molar-refractivity contribution in [2.75, 3.05) is 13.2 Å². The Morgan fingerprint density at radius 1 is 1.33 bits per heavy atom. The van der Waals surface area contributed by atoms with Gasteiger partial charge in [-0.05, 0) is 35.4 Å². The van der Waals surface area contributed by atoms with Crippen LogP contribution in [0.25, 0.3) is 0 Å². The van der Waals surface area contributed by atoms with Crippen LogP contribution in [0.2, 0.25) is 0 Å². The third-order valence-electron chi connectivity index (χ3n) is 3.23. The molecule has 0 amide bonds. The standard InChI is InChI=1S/C16H20FNO2S/c1-12(14-6-7-21-11-14)18-8-15(19)10-20-9-13-4-2-3-5-16(13)17/h2-7,11-12,15,18-19H,8-10H2,1H3. The number of aliphatic hydroxyl groups is 1. The first-order valence-corrected chi connectivity index (χ1v) is 7.86. The van der Waals surface area contributed by atoms with Crippen molar-refractivity contribution in [3.05, 3.63) is 58.0 Å². The van der Waals surface area contributed by atoms with Crippen LogP contribution < -0.4 is 5.32 Å². The molecule has 21 heavy (non-hydrogen) atoms. The van der Waals surface area contributed by atoms with Crippen LogP contribution in [0, 0.1) is 5.82 Å². The summed E-state index contributed by atoms with van der Waals surface area (Å²) in [6.07, 6.45) is -0.613. The summed E-state index contributed by atoms with van der Waals surface area (Å²) in [5.41, 5.74) is 1.71. The number of hydrogen-bond acceptors (Lipinski definition) is 4. The van der Waals surface area contributed by atoms with Gasteiger partial charge in [0.1, 0.15) is 5.82 Å². The molecule has 2 unspecified atom stereocenters. The molecular weight excluding hydrogens is 289 g/mol. The van der Waals surface area contributed by atoms with E-state index in [1.165, 1.54) is 11.6 Å². The molecule has 0 saturated carbocycles. The quantitative estimate of drug-likeness (QED) is 0.787. The van der Waals surface area contributed by atoms with Crippen molar-refractivity contribution in [1.82, 2.24) is 5.32 Å². The lowest BCUT2D eigenvalue weighted by Crippen LogP contribution is -2.32. The summed E-state index contributed by atoms with van der Waals surface area (Å²) in [5.74, 6) is -0.281. The highest BCUT2D eigenvalue weighted by Gasteiger charge is 2.10. The molecule has 5 heteroatoms. The van der Waals surface area contributed by atoms with Crippen molar-refractivity contribution < 1.29 is 14.2 Å². The van der Waals surface area contributed by atoms with Gasteiger partial charge in [0.2, 0.25) is 0 Å². The van der Waals surface area contributed by atoms with E-state index in [1.54, 1.807) is 29.5 Å². The molecule has 0 radical (unpaired) electrons. The van der Waals surface area contributed by atoms with Gasteiger partial charge in [0.25, 0.3) is 0 Å². The Labute approximate surface area is 128 Å². The number of aliphatic hydroxyl groups excluding tert-OH is 1. The van der Waals surface area contributed by atoms with Gasteiger partial charge in [0, 0.05) is 18.2 Å². The smallest absolute Gasteiger partial charge is 0.128 e. The molecule has 2 aromatic rings. The van der Waals surface area contributed by atoms with Crippen LogP contribution in [0.1, 0.15) is 24.1 Å². The zero-order chi connectivity index (χ0) is 15.1. The first-order chi connectivity index (χ1) is 10.2. The van der Waals surface area contributed by atoms with Crippen LogP contribution in [0.5, 0.6) is 0 Å². The third-order valence-corrected chi connectivity index (χ3v) is 3.93. The van der Waals surface area contributed by atoms with Gasteiger partial charge in [-0.2, -0.15) is 11.3 Å². The lowest BCUT2D eigenvalue weighted by Gasteiger charge is -2.16. The topological polar surface area (TPSA) is 41.5 Å². The van der Waals surface area contributed by atoms with Crippen molar-refractivity contribution in [2.45, 2.75) is 25.7 Å². The summed E-state index contributed by atoms with van der Waals surface area (Å²) in [4.78, 5) is 0. The molecule has 0 fully saturated rings. The van der Waals surface area contributed by atoms with E-state index in [2.05, 4.69) is 23.7 Å². The number of benzene rings is 1. The molecule has 2 rings (SSSR count). The van der Waals surface area contributed by atoms with Crippen LogP contribution in [0.15, 0.2) is 41.1 Å². The maximum atomic E-state index is 13.4. The Morgan fingerprint density at radius 2 is 2.14 bits per heavy atom. The molecule has 2 atom stereocenters. The lowest BCUT2D eigenvalue weighted by atomic mass is 10.2. The summed E-state index contributed by atoms with van der Waals surface area (Å²) < 4.78 is 18.7. The number of thiophene rings is 1. The fraction of sp³-hybridized carbons (Fsp3) is 0.375. The number of hydrogen-bond donors (Lipinski definition) is 2. The van der Waals surface area contributed by atoms with Crippen LogP contribution in [-0.2, 0) is 11.3 Å². The van der Waals surface area contributed by atoms with Gasteiger partial charge in [-0.25, -0.2) is 4.39 Å². The maximum Gasteiger partial charge on any atom is 0.128 e.